The lowest BCUT2D eigenvalue weighted by Crippen LogP contribution is -2.13. The van der Waals surface area contributed by atoms with Gasteiger partial charge in [-0.1, -0.05) is 6.92 Å². The lowest BCUT2D eigenvalue weighted by atomic mass is 10.5. The molecule has 1 saturated carbocycles. The fourth-order valence-electron chi connectivity index (χ4n) is 0.653. The predicted molar refractivity (Wildman–Crippen MR) is 43.7 cm³/mol. The van der Waals surface area contributed by atoms with E-state index in [4.69, 9.17) is 5.73 Å². The van der Waals surface area contributed by atoms with Crippen LogP contribution >= 0.6 is 11.8 Å². The molecule has 0 saturated heterocycles. The minimum atomic E-state index is 0.672. The zero-order valence-electron chi connectivity index (χ0n) is 5.97. The van der Waals surface area contributed by atoms with Gasteiger partial charge in [0.2, 0.25) is 0 Å². The Balaban J connectivity index is 1.90. The van der Waals surface area contributed by atoms with Gasteiger partial charge in [-0.25, -0.2) is 0 Å². The highest BCUT2D eigenvalue weighted by Gasteiger charge is 2.21. The fraction of sp³-hybridized carbons (Fsp3) is 1.00. The van der Waals surface area contributed by atoms with Crippen molar-refractivity contribution in [3.63, 3.8) is 0 Å². The van der Waals surface area contributed by atoms with Crippen molar-refractivity contribution >= 4 is 11.8 Å². The molecule has 1 rings (SSSR count). The SMILES string of the molecule is CC(CN)SCC1CC1. The Hall–Kier alpha value is 0.310. The largest absolute Gasteiger partial charge is 0.329 e. The summed E-state index contributed by atoms with van der Waals surface area (Å²) in [5, 5.41) is 0.672. The summed E-state index contributed by atoms with van der Waals surface area (Å²) < 4.78 is 0. The lowest BCUT2D eigenvalue weighted by molar-refractivity contribution is 0.932. The van der Waals surface area contributed by atoms with Gasteiger partial charge in [-0.05, 0) is 24.5 Å². The molecule has 1 aliphatic carbocycles. The molecule has 0 radical (unpaired) electrons. The van der Waals surface area contributed by atoms with Crippen LogP contribution in [0.15, 0.2) is 0 Å². The van der Waals surface area contributed by atoms with Gasteiger partial charge in [0.25, 0.3) is 0 Å². The molecule has 0 aliphatic heterocycles. The van der Waals surface area contributed by atoms with Crippen molar-refractivity contribution < 1.29 is 0 Å². The summed E-state index contributed by atoms with van der Waals surface area (Å²) in [5.41, 5.74) is 5.46. The van der Waals surface area contributed by atoms with Gasteiger partial charge >= 0.3 is 0 Å². The van der Waals surface area contributed by atoms with Crippen molar-refractivity contribution in [3.8, 4) is 0 Å². The monoisotopic (exact) mass is 145 g/mol. The first-order chi connectivity index (χ1) is 4.33. The van der Waals surface area contributed by atoms with E-state index in [1.807, 2.05) is 11.8 Å². The second kappa shape index (κ2) is 3.47. The van der Waals surface area contributed by atoms with E-state index in [0.717, 1.165) is 12.5 Å². The molecule has 54 valence electrons. The highest BCUT2D eigenvalue weighted by molar-refractivity contribution is 7.99. The molecular formula is C7H15NS. The number of hydrogen-bond acceptors (Lipinski definition) is 2. The lowest BCUT2D eigenvalue weighted by Gasteiger charge is -2.05. The maximum atomic E-state index is 5.46. The smallest absolute Gasteiger partial charge is 0.0142 e. The van der Waals surface area contributed by atoms with E-state index >= 15 is 0 Å². The molecule has 0 bridgehead atoms. The van der Waals surface area contributed by atoms with Gasteiger partial charge < -0.3 is 5.73 Å². The van der Waals surface area contributed by atoms with Gasteiger partial charge in [0.1, 0.15) is 0 Å². The molecule has 1 nitrogen and oxygen atoms in total. The summed E-state index contributed by atoms with van der Waals surface area (Å²) in [6.07, 6.45) is 2.93. The maximum absolute atomic E-state index is 5.46. The molecule has 1 unspecified atom stereocenters. The van der Waals surface area contributed by atoms with E-state index in [9.17, 15) is 0 Å². The Morgan fingerprint density at radius 3 is 2.78 bits per heavy atom. The Bertz CT molecular complexity index is 81.0. The van der Waals surface area contributed by atoms with Crippen LogP contribution in [0.5, 0.6) is 0 Å². The topological polar surface area (TPSA) is 26.0 Å². The van der Waals surface area contributed by atoms with Crippen LogP contribution in [-0.4, -0.2) is 17.5 Å². The van der Waals surface area contributed by atoms with E-state index in [1.165, 1.54) is 18.6 Å². The van der Waals surface area contributed by atoms with Crippen LogP contribution < -0.4 is 5.73 Å². The number of rotatable bonds is 4. The average molecular weight is 145 g/mol. The Kier molecular flexibility index (Phi) is 2.86. The van der Waals surface area contributed by atoms with Crippen molar-refractivity contribution in [2.45, 2.75) is 25.0 Å². The van der Waals surface area contributed by atoms with Crippen LogP contribution in [0.4, 0.5) is 0 Å². The van der Waals surface area contributed by atoms with E-state index in [0.29, 0.717) is 5.25 Å². The molecule has 0 heterocycles. The van der Waals surface area contributed by atoms with Crippen LogP contribution in [0.3, 0.4) is 0 Å². The first kappa shape index (κ1) is 7.42. The molecule has 9 heavy (non-hydrogen) atoms. The summed E-state index contributed by atoms with van der Waals surface area (Å²) in [6.45, 7) is 3.03. The van der Waals surface area contributed by atoms with Gasteiger partial charge in [0.05, 0.1) is 0 Å². The second-order valence-electron chi connectivity index (χ2n) is 2.82. The van der Waals surface area contributed by atoms with E-state index < -0.39 is 0 Å². The minimum absolute atomic E-state index is 0.672. The molecule has 0 aromatic heterocycles. The molecular weight excluding hydrogens is 130 g/mol. The van der Waals surface area contributed by atoms with Gasteiger partial charge in [0.15, 0.2) is 0 Å². The predicted octanol–water partition coefficient (Wildman–Crippen LogP) is 1.48. The molecule has 1 atom stereocenters. The van der Waals surface area contributed by atoms with Crippen LogP contribution in [0, 0.1) is 5.92 Å². The molecule has 0 aromatic rings. The highest BCUT2D eigenvalue weighted by Crippen LogP contribution is 2.33. The van der Waals surface area contributed by atoms with E-state index in [2.05, 4.69) is 6.92 Å². The van der Waals surface area contributed by atoms with Gasteiger partial charge in [-0.3, -0.25) is 0 Å². The first-order valence-electron chi connectivity index (χ1n) is 3.64. The maximum Gasteiger partial charge on any atom is 0.0142 e. The average Bonchev–Trinajstić information content (AvgIpc) is 2.65. The summed E-state index contributed by atoms with van der Waals surface area (Å²) in [5.74, 6) is 2.39. The Labute approximate surface area is 61.4 Å². The first-order valence-corrected chi connectivity index (χ1v) is 4.69. The molecule has 0 amide bonds. The Morgan fingerprint density at radius 2 is 2.33 bits per heavy atom. The van der Waals surface area contributed by atoms with Crippen LogP contribution in [0.25, 0.3) is 0 Å². The van der Waals surface area contributed by atoms with Crippen LogP contribution in [0.1, 0.15) is 19.8 Å². The summed E-state index contributed by atoms with van der Waals surface area (Å²) in [7, 11) is 0. The quantitative estimate of drug-likeness (QED) is 0.648. The second-order valence-corrected chi connectivity index (χ2v) is 4.29. The van der Waals surface area contributed by atoms with Crippen LogP contribution in [0.2, 0.25) is 0 Å². The standard InChI is InChI=1S/C7H15NS/c1-6(4-8)9-5-7-2-3-7/h6-7H,2-5,8H2,1H3. The molecule has 1 aliphatic rings. The minimum Gasteiger partial charge on any atom is -0.329 e. The molecule has 1 fully saturated rings. The van der Waals surface area contributed by atoms with Crippen molar-refractivity contribution in [3.05, 3.63) is 0 Å². The normalized spacial score (nSPS) is 22.0. The van der Waals surface area contributed by atoms with Crippen molar-refractivity contribution in [1.29, 1.82) is 0 Å². The third-order valence-electron chi connectivity index (χ3n) is 1.65. The number of nitrogens with two attached hydrogens (primary N) is 1. The van der Waals surface area contributed by atoms with E-state index in [-0.39, 0.29) is 0 Å². The van der Waals surface area contributed by atoms with Gasteiger partial charge in [0, 0.05) is 11.8 Å². The van der Waals surface area contributed by atoms with Crippen molar-refractivity contribution in [2.24, 2.45) is 11.7 Å². The molecule has 2 N–H and O–H groups in total. The summed E-state index contributed by atoms with van der Waals surface area (Å²) in [4.78, 5) is 0. The summed E-state index contributed by atoms with van der Waals surface area (Å²) >= 11 is 2.02. The van der Waals surface area contributed by atoms with E-state index in [1.54, 1.807) is 0 Å². The van der Waals surface area contributed by atoms with Gasteiger partial charge in [-0.15, -0.1) is 0 Å². The summed E-state index contributed by atoms with van der Waals surface area (Å²) in [6, 6.07) is 0. The zero-order chi connectivity index (χ0) is 6.69. The number of thioether (sulfide) groups is 1. The molecule has 2 heteroatoms. The third kappa shape index (κ3) is 3.11. The zero-order valence-corrected chi connectivity index (χ0v) is 6.79. The van der Waals surface area contributed by atoms with Crippen LogP contribution in [-0.2, 0) is 0 Å². The number of hydrogen-bond donors (Lipinski definition) is 1. The fourth-order valence-corrected chi connectivity index (χ4v) is 1.72. The van der Waals surface area contributed by atoms with Crippen molar-refractivity contribution in [1.82, 2.24) is 0 Å². The highest BCUT2D eigenvalue weighted by atomic mass is 32.2. The Morgan fingerprint density at radius 1 is 1.67 bits per heavy atom. The molecule has 0 aromatic carbocycles. The van der Waals surface area contributed by atoms with Gasteiger partial charge in [-0.2, -0.15) is 11.8 Å². The third-order valence-corrected chi connectivity index (χ3v) is 3.07. The molecule has 0 spiro atoms. The van der Waals surface area contributed by atoms with Crippen molar-refractivity contribution in [2.75, 3.05) is 12.3 Å².